The fraction of sp³-hybridized carbons (Fsp3) is 0.172. The Balaban J connectivity index is 1.35. The number of nitrogens with one attached hydrogen (secondary N) is 1. The molecule has 5 aromatic rings. The molecule has 1 amide bonds. The van der Waals surface area contributed by atoms with Gasteiger partial charge in [-0.1, -0.05) is 66.2 Å². The summed E-state index contributed by atoms with van der Waals surface area (Å²) >= 11 is 0. The van der Waals surface area contributed by atoms with Crippen LogP contribution in [0.15, 0.2) is 84.9 Å². The zero-order chi connectivity index (χ0) is 23.1. The number of aryl methyl sites for hydroxylation is 1. The van der Waals surface area contributed by atoms with Gasteiger partial charge < -0.3 is 14.8 Å². The lowest BCUT2D eigenvalue weighted by Crippen LogP contribution is -2.49. The average molecular weight is 447 g/mol. The predicted molar refractivity (Wildman–Crippen MR) is 138 cm³/mol. The highest BCUT2D eigenvalue weighted by Gasteiger charge is 2.25. The highest BCUT2D eigenvalue weighted by atomic mass is 16.2. The number of benzene rings is 3. The van der Waals surface area contributed by atoms with E-state index in [9.17, 15) is 4.79 Å². The molecular formula is C29H26N4O. The van der Waals surface area contributed by atoms with Crippen molar-refractivity contribution in [3.8, 4) is 11.3 Å². The minimum absolute atomic E-state index is 0.00656. The first-order chi connectivity index (χ1) is 16.7. The van der Waals surface area contributed by atoms with Crippen molar-refractivity contribution in [3.05, 3.63) is 96.2 Å². The molecule has 5 heteroatoms. The molecule has 1 fully saturated rings. The molecule has 0 radical (unpaired) electrons. The molecule has 0 spiro atoms. The van der Waals surface area contributed by atoms with Gasteiger partial charge in [-0.25, -0.2) is 4.98 Å². The Morgan fingerprint density at radius 3 is 2.29 bits per heavy atom. The number of fused-ring (bicyclic) bond motifs is 3. The molecule has 5 nitrogen and oxygen atoms in total. The van der Waals surface area contributed by atoms with Crippen LogP contribution in [0.1, 0.15) is 16.1 Å². The number of rotatable bonds is 3. The molecule has 1 aliphatic heterocycles. The summed E-state index contributed by atoms with van der Waals surface area (Å²) in [5.74, 6) is -0.00656. The summed E-state index contributed by atoms with van der Waals surface area (Å²) in [6.45, 7) is 5.09. The summed E-state index contributed by atoms with van der Waals surface area (Å²) in [5, 5.41) is 2.14. The van der Waals surface area contributed by atoms with Crippen LogP contribution in [0.3, 0.4) is 0 Å². The second kappa shape index (κ2) is 8.34. The molecular weight excluding hydrogens is 420 g/mol. The van der Waals surface area contributed by atoms with E-state index in [0.717, 1.165) is 46.2 Å². The first-order valence-electron chi connectivity index (χ1n) is 11.8. The summed E-state index contributed by atoms with van der Waals surface area (Å²) in [4.78, 5) is 26.3. The highest BCUT2D eigenvalue weighted by molar-refractivity contribution is 6.13. The van der Waals surface area contributed by atoms with Gasteiger partial charge in [0.1, 0.15) is 5.69 Å². The molecule has 1 saturated heterocycles. The summed E-state index contributed by atoms with van der Waals surface area (Å²) < 4.78 is 0. The maximum atomic E-state index is 13.6. The molecule has 2 aromatic heterocycles. The minimum Gasteiger partial charge on any atom is -0.368 e. The number of hydrogen-bond acceptors (Lipinski definition) is 3. The molecule has 3 aromatic carbocycles. The summed E-state index contributed by atoms with van der Waals surface area (Å²) in [6.07, 6.45) is 0. The van der Waals surface area contributed by atoms with E-state index in [1.54, 1.807) is 0 Å². The lowest BCUT2D eigenvalue weighted by molar-refractivity contribution is 0.0741. The number of para-hydroxylation sites is 1. The minimum atomic E-state index is -0.00656. The zero-order valence-corrected chi connectivity index (χ0v) is 19.2. The Labute approximate surface area is 198 Å². The number of carbonyl (C=O) groups is 1. The van der Waals surface area contributed by atoms with E-state index in [1.165, 1.54) is 11.3 Å². The number of hydrogen-bond donors (Lipinski definition) is 1. The second-order valence-corrected chi connectivity index (χ2v) is 8.93. The number of H-pyrrole nitrogens is 1. The molecule has 1 N–H and O–H groups in total. The molecule has 3 heterocycles. The van der Waals surface area contributed by atoms with E-state index in [0.29, 0.717) is 18.8 Å². The van der Waals surface area contributed by atoms with Crippen LogP contribution in [0.4, 0.5) is 5.69 Å². The number of piperazine rings is 1. The maximum absolute atomic E-state index is 13.6. The van der Waals surface area contributed by atoms with Gasteiger partial charge in [0.15, 0.2) is 0 Å². The number of pyridine rings is 1. The fourth-order valence-electron chi connectivity index (χ4n) is 4.85. The summed E-state index contributed by atoms with van der Waals surface area (Å²) in [5.41, 5.74) is 6.79. The first-order valence-corrected chi connectivity index (χ1v) is 11.8. The van der Waals surface area contributed by atoms with Crippen molar-refractivity contribution >= 4 is 33.4 Å². The van der Waals surface area contributed by atoms with Crippen molar-refractivity contribution < 1.29 is 4.79 Å². The van der Waals surface area contributed by atoms with Gasteiger partial charge in [0, 0.05) is 53.7 Å². The van der Waals surface area contributed by atoms with Crippen LogP contribution in [-0.2, 0) is 0 Å². The van der Waals surface area contributed by atoms with E-state index >= 15 is 0 Å². The third-order valence-corrected chi connectivity index (χ3v) is 6.73. The van der Waals surface area contributed by atoms with Crippen molar-refractivity contribution in [2.45, 2.75) is 6.92 Å². The molecule has 1 aliphatic rings. The van der Waals surface area contributed by atoms with Crippen LogP contribution >= 0.6 is 0 Å². The largest absolute Gasteiger partial charge is 0.368 e. The van der Waals surface area contributed by atoms with Crippen molar-refractivity contribution in [2.75, 3.05) is 31.1 Å². The highest BCUT2D eigenvalue weighted by Crippen LogP contribution is 2.33. The van der Waals surface area contributed by atoms with Gasteiger partial charge in [-0.05, 0) is 31.2 Å². The quantitative estimate of drug-likeness (QED) is 0.389. The van der Waals surface area contributed by atoms with E-state index < -0.39 is 0 Å². The molecule has 0 bridgehead atoms. The normalized spacial score (nSPS) is 14.1. The van der Waals surface area contributed by atoms with Gasteiger partial charge in [0.2, 0.25) is 0 Å². The molecule has 0 aliphatic carbocycles. The number of carbonyl (C=O) groups excluding carboxylic acids is 1. The summed E-state index contributed by atoms with van der Waals surface area (Å²) in [7, 11) is 0. The van der Waals surface area contributed by atoms with E-state index in [2.05, 4.69) is 53.2 Å². The number of nitrogens with zero attached hydrogens (tertiary/aromatic N) is 3. The Hall–Kier alpha value is -4.12. The topological polar surface area (TPSA) is 52.2 Å². The van der Waals surface area contributed by atoms with Crippen molar-refractivity contribution in [1.29, 1.82) is 0 Å². The Kier molecular flexibility index (Phi) is 5.02. The third kappa shape index (κ3) is 3.59. The smallest absolute Gasteiger partial charge is 0.272 e. The number of anilines is 1. The number of aromatic amines is 1. The van der Waals surface area contributed by atoms with Crippen LogP contribution in [0.5, 0.6) is 0 Å². The molecule has 0 atom stereocenters. The lowest BCUT2D eigenvalue weighted by Gasteiger charge is -2.36. The second-order valence-electron chi connectivity index (χ2n) is 8.93. The van der Waals surface area contributed by atoms with Crippen LogP contribution < -0.4 is 4.90 Å². The SMILES string of the molecule is Cc1ccc(N2CCN(C(=O)c3cc4c([nH]c5ccccc54)c(-c4ccccc4)n3)CC2)cc1. The van der Waals surface area contributed by atoms with Crippen LogP contribution in [0, 0.1) is 6.92 Å². The lowest BCUT2D eigenvalue weighted by atomic mass is 10.1. The van der Waals surface area contributed by atoms with Crippen molar-refractivity contribution in [3.63, 3.8) is 0 Å². The zero-order valence-electron chi connectivity index (χ0n) is 19.2. The van der Waals surface area contributed by atoms with Gasteiger partial charge in [-0.3, -0.25) is 4.79 Å². The van der Waals surface area contributed by atoms with Gasteiger partial charge in [0.25, 0.3) is 5.91 Å². The Morgan fingerprint density at radius 2 is 1.53 bits per heavy atom. The van der Waals surface area contributed by atoms with Crippen LogP contribution in [-0.4, -0.2) is 47.0 Å². The van der Waals surface area contributed by atoms with Crippen molar-refractivity contribution in [2.24, 2.45) is 0 Å². The Bertz CT molecular complexity index is 1480. The number of amides is 1. The summed E-state index contributed by atoms with van der Waals surface area (Å²) in [6, 6.07) is 28.8. The molecule has 34 heavy (non-hydrogen) atoms. The van der Waals surface area contributed by atoms with E-state index in [-0.39, 0.29) is 5.91 Å². The predicted octanol–water partition coefficient (Wildman–Crippen LogP) is 5.65. The van der Waals surface area contributed by atoms with E-state index in [4.69, 9.17) is 4.98 Å². The maximum Gasteiger partial charge on any atom is 0.272 e. The van der Waals surface area contributed by atoms with Crippen LogP contribution in [0.2, 0.25) is 0 Å². The van der Waals surface area contributed by atoms with Gasteiger partial charge in [-0.15, -0.1) is 0 Å². The van der Waals surface area contributed by atoms with Gasteiger partial charge >= 0.3 is 0 Å². The standard InChI is InChI=1S/C29H26N4O/c1-20-11-13-22(14-12-20)32-15-17-33(18-16-32)29(34)26-19-24-23-9-5-6-10-25(23)30-28(24)27(31-26)21-7-3-2-4-8-21/h2-14,19,30H,15-18H2,1H3. The monoisotopic (exact) mass is 446 g/mol. The van der Waals surface area contributed by atoms with E-state index in [1.807, 2.05) is 53.4 Å². The van der Waals surface area contributed by atoms with Crippen molar-refractivity contribution in [1.82, 2.24) is 14.9 Å². The van der Waals surface area contributed by atoms with Gasteiger partial charge in [-0.2, -0.15) is 0 Å². The molecule has 168 valence electrons. The average Bonchev–Trinajstić information content (AvgIpc) is 3.27. The molecule has 0 unspecified atom stereocenters. The fourth-order valence-corrected chi connectivity index (χ4v) is 4.85. The van der Waals surface area contributed by atoms with Crippen LogP contribution in [0.25, 0.3) is 33.1 Å². The Morgan fingerprint density at radius 1 is 0.824 bits per heavy atom. The molecule has 6 rings (SSSR count). The number of aromatic nitrogens is 2. The van der Waals surface area contributed by atoms with Gasteiger partial charge in [0.05, 0.1) is 11.2 Å². The third-order valence-electron chi connectivity index (χ3n) is 6.73. The first kappa shape index (κ1) is 20.5. The molecule has 0 saturated carbocycles.